The van der Waals surface area contributed by atoms with E-state index in [1.807, 2.05) is 111 Å². The molecule has 1 saturated heterocycles. The molecule has 7 rings (SSSR count). The summed E-state index contributed by atoms with van der Waals surface area (Å²) < 4.78 is 5.83. The van der Waals surface area contributed by atoms with E-state index in [1.54, 1.807) is 24.3 Å². The van der Waals surface area contributed by atoms with E-state index in [-0.39, 0.29) is 23.6 Å². The number of ether oxygens (including phenoxy) is 1. The lowest BCUT2D eigenvalue weighted by molar-refractivity contribution is -0.122. The maximum absolute atomic E-state index is 14.9. The van der Waals surface area contributed by atoms with Crippen molar-refractivity contribution in [3.05, 3.63) is 137 Å². The molecule has 3 heterocycles. The molecule has 4 aromatic carbocycles. The van der Waals surface area contributed by atoms with E-state index >= 15 is 0 Å². The van der Waals surface area contributed by atoms with Gasteiger partial charge in [0, 0.05) is 23.0 Å². The van der Waals surface area contributed by atoms with Crippen molar-refractivity contribution < 1.29 is 19.1 Å². The van der Waals surface area contributed by atoms with Crippen molar-refractivity contribution in [2.24, 2.45) is 5.92 Å². The highest BCUT2D eigenvalue weighted by molar-refractivity contribution is 6.16. The van der Waals surface area contributed by atoms with E-state index in [0.717, 1.165) is 22.3 Å². The van der Waals surface area contributed by atoms with E-state index in [0.29, 0.717) is 22.6 Å². The Balaban J connectivity index is 1.48. The quantitative estimate of drug-likeness (QED) is 0.260. The SMILES string of the molecule is Cc1ccc(C(=O)[C@@H]2[C@H](C(=O)c3ccc(OC(C)C)cc3)[C@]3(C(=O)Nc4ccccc43)[C@@H]3c4ccccc4C=CN23)cc1. The third-order valence-electron chi connectivity index (χ3n) is 8.97. The summed E-state index contributed by atoms with van der Waals surface area (Å²) in [7, 11) is 0. The number of benzene rings is 4. The molecule has 0 radical (unpaired) electrons. The highest BCUT2D eigenvalue weighted by atomic mass is 16.5. The number of hydrogen-bond donors (Lipinski definition) is 1. The fraction of sp³-hybridized carbons (Fsp3) is 0.216. The van der Waals surface area contributed by atoms with Gasteiger partial charge in [0.15, 0.2) is 11.6 Å². The zero-order valence-corrected chi connectivity index (χ0v) is 24.3. The molecule has 4 atom stereocenters. The van der Waals surface area contributed by atoms with Crippen molar-refractivity contribution in [3.63, 3.8) is 0 Å². The zero-order valence-electron chi connectivity index (χ0n) is 24.3. The van der Waals surface area contributed by atoms with E-state index in [1.165, 1.54) is 0 Å². The van der Waals surface area contributed by atoms with Crippen LogP contribution in [0.2, 0.25) is 0 Å². The van der Waals surface area contributed by atoms with Gasteiger partial charge in [0.1, 0.15) is 17.2 Å². The number of fused-ring (bicyclic) bond motifs is 6. The molecule has 0 saturated carbocycles. The lowest BCUT2D eigenvalue weighted by Gasteiger charge is -2.38. The molecular formula is C37H32N2O4. The molecule has 0 bridgehead atoms. The monoisotopic (exact) mass is 568 g/mol. The first kappa shape index (κ1) is 26.9. The summed E-state index contributed by atoms with van der Waals surface area (Å²) in [4.78, 5) is 46.1. The Hall–Kier alpha value is -4.97. The summed E-state index contributed by atoms with van der Waals surface area (Å²) in [6.45, 7) is 5.86. The Morgan fingerprint density at radius 2 is 1.49 bits per heavy atom. The van der Waals surface area contributed by atoms with Gasteiger partial charge in [0.25, 0.3) is 0 Å². The number of amides is 1. The molecule has 3 aliphatic heterocycles. The summed E-state index contributed by atoms with van der Waals surface area (Å²) in [6.07, 6.45) is 3.85. The summed E-state index contributed by atoms with van der Waals surface area (Å²) in [6, 6.07) is 28.4. The van der Waals surface area contributed by atoms with Gasteiger partial charge in [-0.1, -0.05) is 72.3 Å². The fourth-order valence-electron chi connectivity index (χ4n) is 7.21. The van der Waals surface area contributed by atoms with Gasteiger partial charge in [0.2, 0.25) is 5.91 Å². The molecule has 3 aliphatic rings. The molecule has 4 aromatic rings. The van der Waals surface area contributed by atoms with Gasteiger partial charge < -0.3 is 15.0 Å². The molecule has 0 unspecified atom stereocenters. The molecule has 0 aliphatic carbocycles. The van der Waals surface area contributed by atoms with E-state index in [9.17, 15) is 14.4 Å². The molecule has 1 amide bonds. The van der Waals surface area contributed by atoms with Gasteiger partial charge >= 0.3 is 0 Å². The van der Waals surface area contributed by atoms with Crippen LogP contribution in [0.1, 0.15) is 62.9 Å². The molecular weight excluding hydrogens is 536 g/mol. The predicted molar refractivity (Wildman–Crippen MR) is 166 cm³/mol. The van der Waals surface area contributed by atoms with Gasteiger partial charge in [-0.15, -0.1) is 0 Å². The Morgan fingerprint density at radius 1 is 0.837 bits per heavy atom. The van der Waals surface area contributed by atoms with Crippen LogP contribution < -0.4 is 10.1 Å². The maximum Gasteiger partial charge on any atom is 0.238 e. The summed E-state index contributed by atoms with van der Waals surface area (Å²) >= 11 is 0. The van der Waals surface area contributed by atoms with Crippen molar-refractivity contribution in [1.29, 1.82) is 0 Å². The van der Waals surface area contributed by atoms with Crippen LogP contribution >= 0.6 is 0 Å². The topological polar surface area (TPSA) is 75.7 Å². The lowest BCUT2D eigenvalue weighted by atomic mass is 9.62. The second-order valence-electron chi connectivity index (χ2n) is 11.9. The van der Waals surface area contributed by atoms with Crippen LogP contribution in [0.5, 0.6) is 5.75 Å². The highest BCUT2D eigenvalue weighted by Gasteiger charge is 2.70. The van der Waals surface area contributed by atoms with Crippen LogP contribution in [0, 0.1) is 12.8 Å². The summed E-state index contributed by atoms with van der Waals surface area (Å²) in [5, 5.41) is 3.09. The Kier molecular flexibility index (Phi) is 6.31. The van der Waals surface area contributed by atoms with Crippen molar-refractivity contribution >= 4 is 29.2 Å². The number of Topliss-reactive ketones (excluding diaryl/α,β-unsaturated/α-hetero) is 2. The second kappa shape index (κ2) is 10.1. The number of carbonyl (C=O) groups excluding carboxylic acids is 3. The second-order valence-corrected chi connectivity index (χ2v) is 11.9. The average Bonchev–Trinajstić information content (AvgIpc) is 3.49. The number of nitrogens with one attached hydrogen (secondary N) is 1. The molecule has 0 aromatic heterocycles. The lowest BCUT2D eigenvalue weighted by Crippen LogP contribution is -2.49. The number of carbonyl (C=O) groups is 3. The van der Waals surface area contributed by atoms with Crippen LogP contribution in [0.25, 0.3) is 6.08 Å². The summed E-state index contributed by atoms with van der Waals surface area (Å²) in [5.74, 6) is -1.08. The molecule has 1 spiro atoms. The Morgan fingerprint density at radius 3 is 2.23 bits per heavy atom. The molecule has 6 nitrogen and oxygen atoms in total. The normalized spacial score (nSPS) is 23.1. The minimum atomic E-state index is -1.35. The molecule has 6 heteroatoms. The number of anilines is 1. The smallest absolute Gasteiger partial charge is 0.238 e. The first-order chi connectivity index (χ1) is 20.8. The van der Waals surface area contributed by atoms with Crippen LogP contribution in [0.3, 0.4) is 0 Å². The number of hydrogen-bond acceptors (Lipinski definition) is 5. The van der Waals surface area contributed by atoms with E-state index in [4.69, 9.17) is 4.74 Å². The summed E-state index contributed by atoms with van der Waals surface area (Å²) in [5.41, 5.74) is 3.88. The van der Waals surface area contributed by atoms with Crippen molar-refractivity contribution in [1.82, 2.24) is 4.90 Å². The van der Waals surface area contributed by atoms with Crippen LogP contribution in [0.15, 0.2) is 103 Å². The van der Waals surface area contributed by atoms with Crippen LogP contribution in [0.4, 0.5) is 5.69 Å². The van der Waals surface area contributed by atoms with Gasteiger partial charge in [-0.2, -0.15) is 0 Å². The minimum Gasteiger partial charge on any atom is -0.491 e. The number of nitrogens with zero attached hydrogens (tertiary/aromatic N) is 1. The maximum atomic E-state index is 14.9. The van der Waals surface area contributed by atoms with Crippen molar-refractivity contribution in [2.75, 3.05) is 5.32 Å². The molecule has 214 valence electrons. The first-order valence-corrected chi connectivity index (χ1v) is 14.7. The van der Waals surface area contributed by atoms with Crippen LogP contribution in [-0.2, 0) is 10.2 Å². The largest absolute Gasteiger partial charge is 0.491 e. The Labute approximate surface area is 251 Å². The standard InChI is InChI=1S/C37H32N2O4/c1-22(2)43-27-18-16-25(17-19-27)33(40)31-32(34(41)26-14-12-23(3)13-15-26)39-21-20-24-8-4-5-9-28(24)35(39)37(31)29-10-6-7-11-30(29)38-36(37)42/h4-22,31-32,35H,1-3H3,(H,38,42)/t31-,32+,35+,37+/m1/s1. The van der Waals surface area contributed by atoms with E-state index in [2.05, 4.69) is 5.32 Å². The van der Waals surface area contributed by atoms with Gasteiger partial charge in [0.05, 0.1) is 18.1 Å². The Bertz CT molecular complexity index is 1790. The minimum absolute atomic E-state index is 0.0161. The number of para-hydroxylation sites is 1. The first-order valence-electron chi connectivity index (χ1n) is 14.7. The van der Waals surface area contributed by atoms with E-state index < -0.39 is 23.4 Å². The van der Waals surface area contributed by atoms with Crippen molar-refractivity contribution in [3.8, 4) is 5.75 Å². The van der Waals surface area contributed by atoms with Gasteiger partial charge in [-0.25, -0.2) is 0 Å². The third-order valence-corrected chi connectivity index (χ3v) is 8.97. The van der Waals surface area contributed by atoms with Crippen LogP contribution in [-0.4, -0.2) is 34.5 Å². The third kappa shape index (κ3) is 4.04. The number of rotatable bonds is 6. The number of aryl methyl sites for hydroxylation is 1. The highest BCUT2D eigenvalue weighted by Crippen LogP contribution is 2.62. The van der Waals surface area contributed by atoms with Gasteiger partial charge in [-0.3, -0.25) is 14.4 Å². The zero-order chi connectivity index (χ0) is 29.9. The molecule has 43 heavy (non-hydrogen) atoms. The number of ketones is 2. The van der Waals surface area contributed by atoms with Crippen molar-refractivity contribution in [2.45, 2.75) is 44.4 Å². The van der Waals surface area contributed by atoms with Gasteiger partial charge in [-0.05, 0) is 73.9 Å². The fourth-order valence-corrected chi connectivity index (χ4v) is 7.21. The predicted octanol–water partition coefficient (Wildman–Crippen LogP) is 6.76. The molecule has 1 N–H and O–H groups in total. The molecule has 1 fully saturated rings. The average molecular weight is 569 g/mol.